The Hall–Kier alpha value is -0.340. The average Bonchev–Trinajstić information content (AvgIpc) is 2.38. The van der Waals surface area contributed by atoms with Gasteiger partial charge < -0.3 is 5.32 Å². The topological polar surface area (TPSA) is 58.2 Å². The van der Waals surface area contributed by atoms with Crippen molar-refractivity contribution in [2.75, 3.05) is 24.6 Å². The molecule has 112 valence electrons. The number of carbonyl (C=O) groups is 2. The van der Waals surface area contributed by atoms with Gasteiger partial charge >= 0.3 is 0 Å². The van der Waals surface area contributed by atoms with Crippen LogP contribution in [0, 0.1) is 0 Å². The Balaban J connectivity index is 4.96. The second kappa shape index (κ2) is 8.06. The van der Waals surface area contributed by atoms with E-state index in [2.05, 4.69) is 35.9 Å². The Kier molecular flexibility index (Phi) is 7.92. The molecule has 0 aromatic heterocycles. The number of carbonyl (C=O) groups excluding carboxylic acids is 2. The molecule has 2 atom stereocenters. The van der Waals surface area contributed by atoms with Gasteiger partial charge in [-0.3, -0.25) is 14.9 Å². The molecule has 19 heavy (non-hydrogen) atoms. The van der Waals surface area contributed by atoms with Crippen LogP contribution in [0.5, 0.6) is 0 Å². The summed E-state index contributed by atoms with van der Waals surface area (Å²) in [5.41, 5.74) is -2.52. The highest BCUT2D eigenvalue weighted by Crippen LogP contribution is 2.24. The first kappa shape index (κ1) is 18.7. The number of nitrogens with one attached hydrogen (secondary N) is 2. The molecule has 8 heteroatoms. The second-order valence-corrected chi connectivity index (χ2v) is 4.70. The molecule has 0 spiro atoms. The highest BCUT2D eigenvalue weighted by atomic mass is 32.1. The minimum atomic E-state index is -2.52. The number of Topliss-reactive ketones (excluding diaryl/α,β-unsaturated/α-hetero) is 1. The van der Waals surface area contributed by atoms with Gasteiger partial charge in [-0.1, -0.05) is 6.92 Å². The van der Waals surface area contributed by atoms with Crippen LogP contribution in [-0.4, -0.2) is 47.7 Å². The van der Waals surface area contributed by atoms with Crippen molar-refractivity contribution in [2.24, 2.45) is 0 Å². The number of alkyl halides is 2. The summed E-state index contributed by atoms with van der Waals surface area (Å²) in [4.78, 5) is 23.4. The largest absolute Gasteiger partial charge is 0.354 e. The second-order valence-electron chi connectivity index (χ2n) is 4.07. The quantitative estimate of drug-likeness (QED) is 0.378. The van der Waals surface area contributed by atoms with Crippen LogP contribution >= 0.6 is 25.3 Å². The molecule has 0 aliphatic heterocycles. The molecule has 0 aromatic rings. The van der Waals surface area contributed by atoms with Gasteiger partial charge in [0.2, 0.25) is 11.5 Å². The van der Waals surface area contributed by atoms with Crippen LogP contribution in [0.3, 0.4) is 0 Å². The third-order valence-corrected chi connectivity index (χ3v) is 3.49. The summed E-state index contributed by atoms with van der Waals surface area (Å²) in [5.74, 6) is -5.38. The Morgan fingerprint density at radius 1 is 1.11 bits per heavy atom. The normalized spacial score (nSPS) is 17.4. The van der Waals surface area contributed by atoms with E-state index in [1.807, 2.05) is 0 Å². The molecule has 0 saturated heterocycles. The van der Waals surface area contributed by atoms with Gasteiger partial charge in [0, 0.05) is 18.1 Å². The lowest BCUT2D eigenvalue weighted by molar-refractivity contribution is -0.141. The van der Waals surface area contributed by atoms with Gasteiger partial charge in [0.05, 0.1) is 6.42 Å². The fourth-order valence-corrected chi connectivity index (χ4v) is 1.99. The van der Waals surface area contributed by atoms with E-state index >= 15 is 0 Å². The lowest BCUT2D eigenvalue weighted by atomic mass is 9.95. The van der Waals surface area contributed by atoms with Crippen LogP contribution in [0.2, 0.25) is 0 Å². The van der Waals surface area contributed by atoms with E-state index in [9.17, 15) is 18.4 Å². The van der Waals surface area contributed by atoms with E-state index in [4.69, 9.17) is 0 Å². The maximum Gasteiger partial charge on any atom is 0.259 e. The third kappa shape index (κ3) is 4.92. The molecule has 2 N–H and O–H groups in total. The molecular weight excluding hydrogens is 294 g/mol. The van der Waals surface area contributed by atoms with Crippen LogP contribution in [0.1, 0.15) is 20.3 Å². The molecule has 4 nitrogen and oxygen atoms in total. The summed E-state index contributed by atoms with van der Waals surface area (Å²) < 4.78 is 28.5. The highest BCUT2D eigenvalue weighted by Gasteiger charge is 2.46. The minimum absolute atomic E-state index is 0.185. The molecule has 0 aliphatic rings. The fraction of sp³-hybridized carbons (Fsp3) is 0.818. The maximum atomic E-state index is 14.3. The molecular formula is C11H20F2N2O2S2. The van der Waals surface area contributed by atoms with Crippen molar-refractivity contribution in [3.8, 4) is 0 Å². The SMILES string of the molecule is CCNC(=O)[C@](F)(CS)CC(=O)[C@](F)(CS)NCC. The zero-order valence-corrected chi connectivity index (χ0v) is 12.8. The van der Waals surface area contributed by atoms with Crippen LogP contribution in [0.25, 0.3) is 0 Å². The van der Waals surface area contributed by atoms with Gasteiger partial charge in [0.15, 0.2) is 5.78 Å². The summed E-state index contributed by atoms with van der Waals surface area (Å²) in [5, 5.41) is 4.58. The fourth-order valence-electron chi connectivity index (χ4n) is 1.44. The van der Waals surface area contributed by atoms with Crippen molar-refractivity contribution in [1.82, 2.24) is 10.6 Å². The van der Waals surface area contributed by atoms with Gasteiger partial charge in [-0.25, -0.2) is 8.78 Å². The predicted octanol–water partition coefficient (Wildman–Crippen LogP) is 0.925. The summed E-state index contributed by atoms with van der Waals surface area (Å²) in [6, 6.07) is 0. The van der Waals surface area contributed by atoms with E-state index in [-0.39, 0.29) is 13.1 Å². The molecule has 0 radical (unpaired) electrons. The van der Waals surface area contributed by atoms with Gasteiger partial charge in [-0.2, -0.15) is 25.3 Å². The highest BCUT2D eigenvalue weighted by molar-refractivity contribution is 7.80. The lowest BCUT2D eigenvalue weighted by Gasteiger charge is -2.27. The van der Waals surface area contributed by atoms with Gasteiger partial charge in [-0.05, 0) is 13.5 Å². The van der Waals surface area contributed by atoms with Crippen molar-refractivity contribution in [2.45, 2.75) is 31.7 Å². The number of ketones is 1. The van der Waals surface area contributed by atoms with Crippen molar-refractivity contribution < 1.29 is 18.4 Å². The molecule has 0 rings (SSSR count). The number of amides is 1. The van der Waals surface area contributed by atoms with E-state index in [1.165, 1.54) is 0 Å². The third-order valence-electron chi connectivity index (χ3n) is 2.55. The first-order valence-electron chi connectivity index (χ1n) is 5.95. The molecule has 0 unspecified atom stereocenters. The zero-order valence-electron chi connectivity index (χ0n) is 11.0. The minimum Gasteiger partial charge on any atom is -0.354 e. The summed E-state index contributed by atoms with van der Waals surface area (Å²) in [6.07, 6.45) is -0.883. The van der Waals surface area contributed by atoms with E-state index in [1.54, 1.807) is 13.8 Å². The van der Waals surface area contributed by atoms with E-state index in [0.29, 0.717) is 0 Å². The standard InChI is InChI=1S/C11H20F2N2O2S2/c1-3-14-9(17)10(12,6-18)5-8(16)11(13,7-19)15-4-2/h15,18-19H,3-7H2,1-2H3,(H,14,17)/t10-,11+/m1/s1. The Bertz CT molecular complexity index is 334. The number of rotatable bonds is 9. The molecule has 0 aromatic carbocycles. The van der Waals surface area contributed by atoms with Crippen molar-refractivity contribution >= 4 is 36.9 Å². The van der Waals surface area contributed by atoms with Gasteiger partial charge in [-0.15, -0.1) is 0 Å². The Morgan fingerprint density at radius 2 is 1.68 bits per heavy atom. The molecule has 0 saturated carbocycles. The van der Waals surface area contributed by atoms with Crippen molar-refractivity contribution in [3.63, 3.8) is 0 Å². The maximum absolute atomic E-state index is 14.3. The summed E-state index contributed by atoms with van der Waals surface area (Å²) in [6.45, 7) is 3.62. The predicted molar refractivity (Wildman–Crippen MR) is 77.4 cm³/mol. The summed E-state index contributed by atoms with van der Waals surface area (Å²) >= 11 is 7.48. The van der Waals surface area contributed by atoms with Gasteiger partial charge in [0.25, 0.3) is 5.91 Å². The lowest BCUT2D eigenvalue weighted by Crippen LogP contribution is -2.54. The number of hydrogen-bond acceptors (Lipinski definition) is 5. The number of halogens is 2. The van der Waals surface area contributed by atoms with E-state index < -0.39 is 41.1 Å². The number of hydrogen-bond donors (Lipinski definition) is 4. The van der Waals surface area contributed by atoms with Crippen molar-refractivity contribution in [3.05, 3.63) is 0 Å². The molecule has 1 amide bonds. The first-order valence-corrected chi connectivity index (χ1v) is 7.22. The van der Waals surface area contributed by atoms with Crippen LogP contribution in [0.15, 0.2) is 0 Å². The van der Waals surface area contributed by atoms with Crippen LogP contribution < -0.4 is 10.6 Å². The Labute approximate surface area is 122 Å². The molecule has 0 bridgehead atoms. The number of thiol groups is 2. The zero-order chi connectivity index (χ0) is 15.1. The average molecular weight is 314 g/mol. The first-order chi connectivity index (χ1) is 8.79. The van der Waals surface area contributed by atoms with Crippen LogP contribution in [0.4, 0.5) is 8.78 Å². The van der Waals surface area contributed by atoms with Crippen molar-refractivity contribution in [1.29, 1.82) is 0 Å². The number of likely N-dealkylation sites (N-methyl/N-ethyl adjacent to an activating group) is 1. The van der Waals surface area contributed by atoms with E-state index in [0.717, 1.165) is 0 Å². The molecule has 0 aliphatic carbocycles. The summed E-state index contributed by atoms with van der Waals surface area (Å²) in [7, 11) is 0. The van der Waals surface area contributed by atoms with Gasteiger partial charge in [0.1, 0.15) is 0 Å². The smallest absolute Gasteiger partial charge is 0.259 e. The monoisotopic (exact) mass is 314 g/mol. The Morgan fingerprint density at radius 3 is 2.05 bits per heavy atom. The molecule has 0 fully saturated rings. The molecule has 0 heterocycles. The van der Waals surface area contributed by atoms with Crippen LogP contribution in [-0.2, 0) is 9.59 Å².